The lowest BCUT2D eigenvalue weighted by atomic mass is 10.1. The van der Waals surface area contributed by atoms with Crippen molar-refractivity contribution in [2.75, 3.05) is 12.8 Å². The van der Waals surface area contributed by atoms with Crippen LogP contribution in [-0.2, 0) is 30.3 Å². The third-order valence-electron chi connectivity index (χ3n) is 4.94. The van der Waals surface area contributed by atoms with Crippen LogP contribution in [0.1, 0.15) is 26.5 Å². The molecule has 3 heterocycles. The summed E-state index contributed by atoms with van der Waals surface area (Å²) in [6.07, 6.45) is -19.2. The zero-order chi connectivity index (χ0) is 27.2. The van der Waals surface area contributed by atoms with Crippen molar-refractivity contribution in [3.8, 4) is 5.88 Å². The van der Waals surface area contributed by atoms with Gasteiger partial charge in [-0.25, -0.2) is 9.36 Å². The van der Waals surface area contributed by atoms with Crippen molar-refractivity contribution in [1.29, 1.82) is 0 Å². The summed E-state index contributed by atoms with van der Waals surface area (Å²) < 4.78 is 101. The second-order valence-electron chi connectivity index (χ2n) is 7.64. The summed E-state index contributed by atoms with van der Waals surface area (Å²) in [5.74, 6) is -3.39. The Bertz CT molecular complexity index is 1220. The Morgan fingerprint density at radius 3 is 2.31 bits per heavy atom. The summed E-state index contributed by atoms with van der Waals surface area (Å²) in [5, 5.41) is 0. The van der Waals surface area contributed by atoms with Crippen LogP contribution in [0.5, 0.6) is 5.88 Å². The maximum Gasteiger partial charge on any atom is 0.428 e. The molecule has 36 heavy (non-hydrogen) atoms. The molecule has 0 amide bonds. The van der Waals surface area contributed by atoms with E-state index >= 15 is 0 Å². The molecule has 2 N–H and O–H groups in total. The quantitative estimate of drug-likeness (QED) is 0.429. The van der Waals surface area contributed by atoms with Gasteiger partial charge in [-0.15, -0.1) is 0 Å². The fourth-order valence-corrected chi connectivity index (χ4v) is 3.80. The molecule has 2 aromatic heterocycles. The normalized spacial score (nSPS) is 21.4. The van der Waals surface area contributed by atoms with Crippen LogP contribution < -0.4 is 16.2 Å². The maximum absolute atomic E-state index is 13.6. The number of methoxy groups -OCH3 is 1. The number of nitrogen functional groups attached to an aromatic ring is 1. The number of hydrogen-bond donors (Lipinski definition) is 1. The Hall–Kier alpha value is -3.57. The highest BCUT2D eigenvalue weighted by molar-refractivity contribution is 5.78. The number of carbonyl (C=O) groups excluding carboxylic acids is 2. The average molecular weight is 531 g/mol. The fourth-order valence-electron chi connectivity index (χ4n) is 3.80. The van der Waals surface area contributed by atoms with Crippen LogP contribution in [0.15, 0.2) is 4.79 Å². The SMILES string of the molecule is COc1nc(N)nc2c1n(CC(F)(F)F)c(=O)n2[C@@H]1O[C@H](C(OC(C)=O)C(F)(F)F)C[C@H]1OC(C)=O. The molecular weight excluding hydrogens is 512 g/mol. The number of nitrogens with two attached hydrogens (primary N) is 1. The van der Waals surface area contributed by atoms with Crippen LogP contribution in [0.2, 0.25) is 0 Å². The van der Waals surface area contributed by atoms with Gasteiger partial charge >= 0.3 is 30.0 Å². The summed E-state index contributed by atoms with van der Waals surface area (Å²) in [7, 11) is 1.03. The Morgan fingerprint density at radius 1 is 1.17 bits per heavy atom. The van der Waals surface area contributed by atoms with E-state index in [1.807, 2.05) is 0 Å². The van der Waals surface area contributed by atoms with Crippen molar-refractivity contribution in [3.63, 3.8) is 0 Å². The number of hydrogen-bond acceptors (Lipinski definition) is 10. The zero-order valence-electron chi connectivity index (χ0n) is 18.7. The number of halogens is 6. The largest absolute Gasteiger partial charge is 0.479 e. The van der Waals surface area contributed by atoms with Crippen molar-refractivity contribution in [3.05, 3.63) is 10.5 Å². The predicted molar refractivity (Wildman–Crippen MR) is 104 cm³/mol. The van der Waals surface area contributed by atoms with Crippen LogP contribution in [0.4, 0.5) is 32.3 Å². The van der Waals surface area contributed by atoms with E-state index in [-0.39, 0.29) is 4.57 Å². The molecule has 1 saturated heterocycles. The van der Waals surface area contributed by atoms with E-state index in [2.05, 4.69) is 14.7 Å². The van der Waals surface area contributed by atoms with Crippen LogP contribution in [0, 0.1) is 0 Å². The number of anilines is 1. The number of fused-ring (bicyclic) bond motifs is 1. The summed E-state index contributed by atoms with van der Waals surface area (Å²) in [6.45, 7) is -0.224. The highest BCUT2D eigenvalue weighted by Gasteiger charge is 2.54. The van der Waals surface area contributed by atoms with Gasteiger partial charge in [-0.2, -0.15) is 36.3 Å². The molecule has 1 aliphatic rings. The second kappa shape index (κ2) is 9.47. The van der Waals surface area contributed by atoms with Crippen molar-refractivity contribution >= 4 is 29.1 Å². The van der Waals surface area contributed by atoms with Crippen LogP contribution >= 0.6 is 0 Å². The summed E-state index contributed by atoms with van der Waals surface area (Å²) in [6, 6.07) is 0. The number of alkyl halides is 6. The molecule has 1 fully saturated rings. The van der Waals surface area contributed by atoms with Crippen molar-refractivity contribution in [2.45, 2.75) is 63.7 Å². The summed E-state index contributed by atoms with van der Waals surface area (Å²) >= 11 is 0. The molecule has 200 valence electrons. The first-order valence-corrected chi connectivity index (χ1v) is 9.99. The molecule has 0 saturated carbocycles. The molecule has 0 aromatic carbocycles. The van der Waals surface area contributed by atoms with Crippen LogP contribution in [0.3, 0.4) is 0 Å². The highest BCUT2D eigenvalue weighted by Crippen LogP contribution is 2.40. The minimum atomic E-state index is -5.14. The van der Waals surface area contributed by atoms with Gasteiger partial charge in [0.25, 0.3) is 0 Å². The van der Waals surface area contributed by atoms with Gasteiger partial charge in [-0.05, 0) is 0 Å². The first-order chi connectivity index (χ1) is 16.5. The monoisotopic (exact) mass is 531 g/mol. The van der Waals surface area contributed by atoms with Gasteiger partial charge in [0.2, 0.25) is 17.9 Å². The molecule has 0 radical (unpaired) electrons. The number of esters is 2. The predicted octanol–water partition coefficient (Wildman–Crippen LogP) is 1.46. The smallest absolute Gasteiger partial charge is 0.428 e. The van der Waals surface area contributed by atoms with E-state index in [0.29, 0.717) is 4.57 Å². The van der Waals surface area contributed by atoms with Gasteiger partial charge in [0.05, 0.1) is 7.11 Å². The fraction of sp³-hybridized carbons (Fsp3) is 0.611. The average Bonchev–Trinajstić information content (AvgIpc) is 3.21. The molecule has 0 spiro atoms. The van der Waals surface area contributed by atoms with Gasteiger partial charge in [-0.3, -0.25) is 14.2 Å². The first kappa shape index (κ1) is 27.0. The second-order valence-corrected chi connectivity index (χ2v) is 7.64. The molecule has 4 atom stereocenters. The molecule has 3 rings (SSSR count). The number of ether oxygens (including phenoxy) is 4. The van der Waals surface area contributed by atoms with Gasteiger partial charge in [-0.1, -0.05) is 0 Å². The topological polar surface area (TPSA) is 150 Å². The van der Waals surface area contributed by atoms with E-state index in [4.69, 9.17) is 19.9 Å². The minimum absolute atomic E-state index is 0.169. The van der Waals surface area contributed by atoms with E-state index in [1.54, 1.807) is 0 Å². The molecule has 1 aliphatic heterocycles. The van der Waals surface area contributed by atoms with Gasteiger partial charge in [0.15, 0.2) is 17.4 Å². The van der Waals surface area contributed by atoms with Crippen LogP contribution in [-0.4, -0.2) is 68.8 Å². The summed E-state index contributed by atoms with van der Waals surface area (Å²) in [5.41, 5.74) is 2.95. The Kier molecular flexibility index (Phi) is 7.11. The number of rotatable bonds is 6. The van der Waals surface area contributed by atoms with E-state index in [9.17, 15) is 40.7 Å². The third-order valence-corrected chi connectivity index (χ3v) is 4.94. The molecule has 0 aliphatic carbocycles. The lowest BCUT2D eigenvalue weighted by molar-refractivity contribution is -0.248. The minimum Gasteiger partial charge on any atom is -0.479 e. The van der Waals surface area contributed by atoms with Crippen molar-refractivity contribution in [1.82, 2.24) is 19.1 Å². The van der Waals surface area contributed by atoms with E-state index in [0.717, 1.165) is 21.0 Å². The van der Waals surface area contributed by atoms with Crippen molar-refractivity contribution < 1.29 is 54.9 Å². The molecule has 2 aromatic rings. The molecular formula is C18H19F6N5O7. The lowest BCUT2D eigenvalue weighted by Crippen LogP contribution is -2.43. The molecule has 12 nitrogen and oxygen atoms in total. The standard InChI is InChI=1S/C18H19F6N5O7/c1-6(30)34-9-4-8(11(18(22,23)24)35-7(2)31)36-14(9)29-12-10(13(33-3)27-15(25)26-12)28(16(29)32)5-17(19,20)21/h8-9,11,14H,4-5H2,1-3H3,(H2,25,26,27)/t8-,9+,11?,14+/m0/s1. The highest BCUT2D eigenvalue weighted by atomic mass is 19.4. The van der Waals surface area contributed by atoms with Gasteiger partial charge in [0.1, 0.15) is 18.8 Å². The summed E-state index contributed by atoms with van der Waals surface area (Å²) in [4.78, 5) is 43.4. The van der Waals surface area contributed by atoms with Gasteiger partial charge < -0.3 is 24.7 Å². The number of carbonyl (C=O) groups is 2. The van der Waals surface area contributed by atoms with E-state index < -0.39 is 90.5 Å². The Labute approximate surface area is 196 Å². The molecule has 18 heteroatoms. The molecule has 1 unspecified atom stereocenters. The number of nitrogens with zero attached hydrogens (tertiary/aromatic N) is 4. The van der Waals surface area contributed by atoms with E-state index in [1.165, 1.54) is 0 Å². The first-order valence-electron chi connectivity index (χ1n) is 9.99. The zero-order valence-corrected chi connectivity index (χ0v) is 18.7. The van der Waals surface area contributed by atoms with Crippen LogP contribution in [0.25, 0.3) is 11.2 Å². The third kappa shape index (κ3) is 5.47. The van der Waals surface area contributed by atoms with Crippen molar-refractivity contribution in [2.24, 2.45) is 0 Å². The molecule has 0 bridgehead atoms. The number of imidazole rings is 1. The number of aromatic nitrogens is 4. The Morgan fingerprint density at radius 2 is 1.81 bits per heavy atom. The van der Waals surface area contributed by atoms with Gasteiger partial charge in [0, 0.05) is 20.3 Å². The maximum atomic E-state index is 13.6. The lowest BCUT2D eigenvalue weighted by Gasteiger charge is -2.25. The Balaban J connectivity index is 2.23.